The van der Waals surface area contributed by atoms with Crippen LogP contribution < -0.4 is 0 Å². The second kappa shape index (κ2) is 9.89. The van der Waals surface area contributed by atoms with Crippen LogP contribution in [0.4, 0.5) is 0 Å². The van der Waals surface area contributed by atoms with Gasteiger partial charge in [-0.15, -0.1) is 0 Å². The highest BCUT2D eigenvalue weighted by molar-refractivity contribution is 5.94. The van der Waals surface area contributed by atoms with Gasteiger partial charge in [-0.05, 0) is 81.0 Å². The topological polar surface area (TPSA) is 101 Å². The Balaban J connectivity index is 1.66. The number of carbonyl (C=O) groups is 3. The van der Waals surface area contributed by atoms with Crippen molar-refractivity contribution in [2.24, 2.45) is 40.4 Å². The number of aliphatic hydroxyl groups is 2. The van der Waals surface area contributed by atoms with Crippen molar-refractivity contribution in [2.45, 2.75) is 116 Å². The van der Waals surface area contributed by atoms with Crippen LogP contribution in [0.1, 0.15) is 105 Å². The Morgan fingerprint density at radius 2 is 1.86 bits per heavy atom. The van der Waals surface area contributed by atoms with E-state index in [-0.39, 0.29) is 53.4 Å². The SMILES string of the molecule is CCCCC(CC)C(=O)O[C@]1(C(=O)CO)CC[C@H]2[C@@H]3CC[C@@H]4C[C@H](O)CC[C@]4(C)[C@H]3C(=O)C[C@@]21C. The molecule has 4 rings (SSSR count). The summed E-state index contributed by atoms with van der Waals surface area (Å²) in [5, 5.41) is 20.3. The maximum Gasteiger partial charge on any atom is 0.309 e. The molecule has 0 heterocycles. The number of ether oxygens (including phenoxy) is 1. The fourth-order valence-corrected chi connectivity index (χ4v) is 9.04. The minimum absolute atomic E-state index is 0.0597. The first-order chi connectivity index (χ1) is 16.6. The zero-order valence-corrected chi connectivity index (χ0v) is 22.2. The summed E-state index contributed by atoms with van der Waals surface area (Å²) in [4.78, 5) is 40.7. The van der Waals surface area contributed by atoms with Crippen LogP contribution in [-0.4, -0.2) is 46.1 Å². The molecule has 4 saturated carbocycles. The number of hydrogen-bond donors (Lipinski definition) is 2. The minimum Gasteiger partial charge on any atom is -0.450 e. The Bertz CT molecular complexity index is 839. The van der Waals surface area contributed by atoms with Gasteiger partial charge in [-0.25, -0.2) is 0 Å². The van der Waals surface area contributed by atoms with Crippen molar-refractivity contribution < 1.29 is 29.3 Å². The predicted molar refractivity (Wildman–Crippen MR) is 132 cm³/mol. The third-order valence-corrected chi connectivity index (χ3v) is 11.0. The number of carbonyl (C=O) groups excluding carboxylic acids is 3. The van der Waals surface area contributed by atoms with Crippen LogP contribution in [0.5, 0.6) is 0 Å². The number of aliphatic hydroxyl groups excluding tert-OH is 2. The molecule has 6 heteroatoms. The molecule has 0 bridgehead atoms. The number of unbranched alkanes of at least 4 members (excludes halogenated alkanes) is 1. The maximum absolute atomic E-state index is 14.0. The summed E-state index contributed by atoms with van der Waals surface area (Å²) in [5.41, 5.74) is -2.33. The van der Waals surface area contributed by atoms with E-state index in [9.17, 15) is 24.6 Å². The molecule has 35 heavy (non-hydrogen) atoms. The second-order valence-electron chi connectivity index (χ2n) is 12.6. The zero-order valence-electron chi connectivity index (χ0n) is 22.2. The fraction of sp³-hybridized carbons (Fsp3) is 0.897. The molecule has 0 aliphatic heterocycles. The number of ketones is 2. The molecule has 4 fully saturated rings. The van der Waals surface area contributed by atoms with E-state index < -0.39 is 23.4 Å². The number of esters is 1. The van der Waals surface area contributed by atoms with Crippen LogP contribution in [0, 0.1) is 40.4 Å². The molecular formula is C29H46O6. The van der Waals surface area contributed by atoms with E-state index in [1.807, 2.05) is 13.8 Å². The normalized spacial score (nSPS) is 43.6. The Hall–Kier alpha value is -1.27. The van der Waals surface area contributed by atoms with Crippen LogP contribution in [0.25, 0.3) is 0 Å². The zero-order chi connectivity index (χ0) is 25.6. The van der Waals surface area contributed by atoms with Gasteiger partial charge in [-0.2, -0.15) is 0 Å². The van der Waals surface area contributed by atoms with Gasteiger partial charge < -0.3 is 14.9 Å². The molecule has 198 valence electrons. The first-order valence-electron chi connectivity index (χ1n) is 14.2. The average Bonchev–Trinajstić information content (AvgIpc) is 3.11. The van der Waals surface area contributed by atoms with Crippen molar-refractivity contribution in [3.63, 3.8) is 0 Å². The smallest absolute Gasteiger partial charge is 0.309 e. The standard InChI is InChI=1S/C29H46O6/c1-5-7-8-18(6-2)26(34)35-29(24(33)17-30)14-12-22-21-10-9-19-15-20(31)11-13-27(19,3)25(21)23(32)16-28(22,29)4/h18-22,25,30-31H,5-17H2,1-4H3/t18?,19-,20-,21+,22+,25-,27+,28+,29+/m1/s1. The van der Waals surface area contributed by atoms with E-state index in [0.29, 0.717) is 18.8 Å². The van der Waals surface area contributed by atoms with E-state index in [1.54, 1.807) is 0 Å². The first-order valence-corrected chi connectivity index (χ1v) is 14.2. The van der Waals surface area contributed by atoms with Gasteiger partial charge in [0.2, 0.25) is 5.78 Å². The van der Waals surface area contributed by atoms with Crippen molar-refractivity contribution in [3.05, 3.63) is 0 Å². The molecule has 0 aromatic heterocycles. The van der Waals surface area contributed by atoms with Gasteiger partial charge in [0.1, 0.15) is 12.4 Å². The van der Waals surface area contributed by atoms with Crippen LogP contribution in [-0.2, 0) is 19.1 Å². The summed E-state index contributed by atoms with van der Waals surface area (Å²) in [6.07, 6.45) is 8.63. The minimum atomic E-state index is -1.43. The van der Waals surface area contributed by atoms with Gasteiger partial charge in [-0.1, -0.05) is 40.5 Å². The summed E-state index contributed by atoms with van der Waals surface area (Å²) in [5.74, 6) is -0.326. The molecule has 6 nitrogen and oxygen atoms in total. The number of fused-ring (bicyclic) bond motifs is 5. The van der Waals surface area contributed by atoms with Gasteiger partial charge in [0.25, 0.3) is 0 Å². The fourth-order valence-electron chi connectivity index (χ4n) is 9.04. The van der Waals surface area contributed by atoms with E-state index in [1.165, 1.54) is 0 Å². The highest BCUT2D eigenvalue weighted by Crippen LogP contribution is 2.68. The van der Waals surface area contributed by atoms with Crippen molar-refractivity contribution in [1.82, 2.24) is 0 Å². The Kier molecular flexibility index (Phi) is 7.57. The maximum atomic E-state index is 14.0. The third kappa shape index (κ3) is 4.11. The number of Topliss-reactive ketones (excluding diaryl/α,β-unsaturated/α-hetero) is 2. The van der Waals surface area contributed by atoms with Crippen molar-refractivity contribution in [2.75, 3.05) is 6.61 Å². The lowest BCUT2D eigenvalue weighted by molar-refractivity contribution is -0.199. The molecule has 9 atom stereocenters. The number of hydrogen-bond acceptors (Lipinski definition) is 6. The predicted octanol–water partition coefficient (Wildman–Crippen LogP) is 4.63. The van der Waals surface area contributed by atoms with Crippen LogP contribution >= 0.6 is 0 Å². The molecule has 2 N–H and O–H groups in total. The van der Waals surface area contributed by atoms with Crippen LogP contribution in [0.2, 0.25) is 0 Å². The molecule has 0 aromatic carbocycles. The van der Waals surface area contributed by atoms with Gasteiger partial charge in [0, 0.05) is 17.8 Å². The van der Waals surface area contributed by atoms with E-state index in [0.717, 1.165) is 57.8 Å². The molecule has 0 radical (unpaired) electrons. The third-order valence-electron chi connectivity index (χ3n) is 11.0. The van der Waals surface area contributed by atoms with E-state index in [4.69, 9.17) is 4.74 Å². The largest absolute Gasteiger partial charge is 0.450 e. The lowest BCUT2D eigenvalue weighted by Gasteiger charge is -2.60. The van der Waals surface area contributed by atoms with Crippen LogP contribution in [0.3, 0.4) is 0 Å². The lowest BCUT2D eigenvalue weighted by atomic mass is 9.44. The van der Waals surface area contributed by atoms with Gasteiger partial charge in [-0.3, -0.25) is 14.4 Å². The highest BCUT2D eigenvalue weighted by atomic mass is 16.6. The Morgan fingerprint density at radius 3 is 2.51 bits per heavy atom. The van der Waals surface area contributed by atoms with Gasteiger partial charge in [0.15, 0.2) is 5.60 Å². The molecule has 0 amide bonds. The van der Waals surface area contributed by atoms with E-state index >= 15 is 0 Å². The summed E-state index contributed by atoms with van der Waals surface area (Å²) < 4.78 is 6.21. The lowest BCUT2D eigenvalue weighted by Crippen LogP contribution is -2.63. The summed E-state index contributed by atoms with van der Waals surface area (Å²) in [6, 6.07) is 0. The molecule has 0 spiro atoms. The van der Waals surface area contributed by atoms with Crippen molar-refractivity contribution >= 4 is 17.5 Å². The van der Waals surface area contributed by atoms with Crippen LogP contribution in [0.15, 0.2) is 0 Å². The molecule has 0 saturated heterocycles. The molecule has 1 unspecified atom stereocenters. The van der Waals surface area contributed by atoms with E-state index in [2.05, 4.69) is 13.8 Å². The Labute approximate surface area is 210 Å². The van der Waals surface area contributed by atoms with Gasteiger partial charge in [0.05, 0.1) is 12.0 Å². The summed E-state index contributed by atoms with van der Waals surface area (Å²) >= 11 is 0. The quantitative estimate of drug-likeness (QED) is 0.481. The van der Waals surface area contributed by atoms with Crippen molar-refractivity contribution in [3.8, 4) is 0 Å². The molecule has 4 aliphatic carbocycles. The molecule has 0 aromatic rings. The Morgan fingerprint density at radius 1 is 1.11 bits per heavy atom. The van der Waals surface area contributed by atoms with Gasteiger partial charge >= 0.3 is 5.97 Å². The second-order valence-corrected chi connectivity index (χ2v) is 12.6. The highest BCUT2D eigenvalue weighted by Gasteiger charge is 2.71. The monoisotopic (exact) mass is 490 g/mol. The summed E-state index contributed by atoms with van der Waals surface area (Å²) in [7, 11) is 0. The average molecular weight is 491 g/mol. The summed E-state index contributed by atoms with van der Waals surface area (Å²) in [6.45, 7) is 7.61. The molecule has 4 aliphatic rings. The first kappa shape index (κ1) is 26.8. The van der Waals surface area contributed by atoms with Crippen molar-refractivity contribution in [1.29, 1.82) is 0 Å². The number of rotatable bonds is 8. The molecular weight excluding hydrogens is 444 g/mol.